The summed E-state index contributed by atoms with van der Waals surface area (Å²) in [7, 11) is 0. The molecule has 0 radical (unpaired) electrons. The fourth-order valence-corrected chi connectivity index (χ4v) is 2.93. The molecule has 6 nitrogen and oxygen atoms in total. The summed E-state index contributed by atoms with van der Waals surface area (Å²) in [6.45, 7) is 12.2. The maximum Gasteiger partial charge on any atom is 0.160 e. The van der Waals surface area contributed by atoms with Crippen LogP contribution in [0.4, 0.5) is 5.82 Å². The zero-order valence-corrected chi connectivity index (χ0v) is 14.4. The van der Waals surface area contributed by atoms with Crippen LogP contribution in [0, 0.1) is 13.8 Å². The topological polar surface area (TPSA) is 54.7 Å². The Kier molecular flexibility index (Phi) is 5.13. The SMILES string of the molecule is CCc1cc(NCCCN2CCOCC2)n2nc(C)c(C)c2n1. The van der Waals surface area contributed by atoms with Crippen molar-refractivity contribution in [3.05, 3.63) is 23.0 Å². The van der Waals surface area contributed by atoms with Crippen LogP contribution in [-0.4, -0.2) is 58.9 Å². The maximum atomic E-state index is 5.39. The second kappa shape index (κ2) is 7.27. The largest absolute Gasteiger partial charge is 0.379 e. The summed E-state index contributed by atoms with van der Waals surface area (Å²) < 4.78 is 7.33. The highest BCUT2D eigenvalue weighted by atomic mass is 16.5. The molecule has 6 heteroatoms. The van der Waals surface area contributed by atoms with E-state index < -0.39 is 0 Å². The van der Waals surface area contributed by atoms with E-state index in [0.717, 1.165) is 80.7 Å². The third-order valence-electron chi connectivity index (χ3n) is 4.53. The molecule has 3 heterocycles. The lowest BCUT2D eigenvalue weighted by Crippen LogP contribution is -2.37. The van der Waals surface area contributed by atoms with Crippen molar-refractivity contribution in [2.75, 3.05) is 44.7 Å². The standard InChI is InChI=1S/C17H27N5O/c1-4-15-12-16(22-17(19-15)13(2)14(3)20-22)18-6-5-7-21-8-10-23-11-9-21/h12,18H,4-11H2,1-3H3. The Morgan fingerprint density at radius 3 is 2.78 bits per heavy atom. The molecule has 1 saturated heterocycles. The molecule has 0 aliphatic carbocycles. The Hall–Kier alpha value is -1.66. The van der Waals surface area contributed by atoms with Crippen molar-refractivity contribution >= 4 is 11.5 Å². The fraction of sp³-hybridized carbons (Fsp3) is 0.647. The number of anilines is 1. The number of aryl methyl sites for hydroxylation is 3. The summed E-state index contributed by atoms with van der Waals surface area (Å²) in [6.07, 6.45) is 2.05. The number of fused-ring (bicyclic) bond motifs is 1. The van der Waals surface area contributed by atoms with Crippen LogP contribution in [0.1, 0.15) is 30.3 Å². The summed E-state index contributed by atoms with van der Waals surface area (Å²) in [6, 6.07) is 2.12. The first kappa shape index (κ1) is 16.2. The van der Waals surface area contributed by atoms with Gasteiger partial charge in [0.1, 0.15) is 5.82 Å². The van der Waals surface area contributed by atoms with E-state index in [0.29, 0.717) is 0 Å². The lowest BCUT2D eigenvalue weighted by atomic mass is 10.2. The van der Waals surface area contributed by atoms with Gasteiger partial charge in [0, 0.05) is 37.0 Å². The summed E-state index contributed by atoms with van der Waals surface area (Å²) in [5, 5.41) is 8.17. The van der Waals surface area contributed by atoms with Crippen LogP contribution < -0.4 is 5.32 Å². The van der Waals surface area contributed by atoms with Crippen molar-refractivity contribution in [2.24, 2.45) is 0 Å². The van der Waals surface area contributed by atoms with E-state index in [1.54, 1.807) is 0 Å². The molecule has 0 atom stereocenters. The van der Waals surface area contributed by atoms with Crippen LogP contribution in [-0.2, 0) is 11.2 Å². The fourth-order valence-electron chi connectivity index (χ4n) is 2.93. The van der Waals surface area contributed by atoms with Crippen molar-refractivity contribution in [2.45, 2.75) is 33.6 Å². The highest BCUT2D eigenvalue weighted by molar-refractivity contribution is 5.56. The number of aromatic nitrogens is 3. The molecule has 3 rings (SSSR count). The minimum Gasteiger partial charge on any atom is -0.379 e. The van der Waals surface area contributed by atoms with Crippen molar-refractivity contribution in [1.82, 2.24) is 19.5 Å². The Balaban J connectivity index is 1.65. The molecule has 0 saturated carbocycles. The number of nitrogens with one attached hydrogen (secondary N) is 1. The van der Waals surface area contributed by atoms with E-state index in [-0.39, 0.29) is 0 Å². The number of hydrogen-bond donors (Lipinski definition) is 1. The second-order valence-corrected chi connectivity index (χ2v) is 6.17. The van der Waals surface area contributed by atoms with Crippen LogP contribution in [0.3, 0.4) is 0 Å². The van der Waals surface area contributed by atoms with Gasteiger partial charge < -0.3 is 10.1 Å². The van der Waals surface area contributed by atoms with Gasteiger partial charge in [0.25, 0.3) is 0 Å². The lowest BCUT2D eigenvalue weighted by Gasteiger charge is -2.26. The van der Waals surface area contributed by atoms with Crippen LogP contribution in [0.5, 0.6) is 0 Å². The molecule has 1 N–H and O–H groups in total. The molecule has 0 bridgehead atoms. The third-order valence-corrected chi connectivity index (χ3v) is 4.53. The summed E-state index contributed by atoms with van der Waals surface area (Å²) in [5.74, 6) is 1.05. The predicted molar refractivity (Wildman–Crippen MR) is 92.2 cm³/mol. The number of rotatable bonds is 6. The van der Waals surface area contributed by atoms with Crippen LogP contribution >= 0.6 is 0 Å². The summed E-state index contributed by atoms with van der Waals surface area (Å²) >= 11 is 0. The number of nitrogens with zero attached hydrogens (tertiary/aromatic N) is 4. The van der Waals surface area contributed by atoms with Gasteiger partial charge in [-0.2, -0.15) is 9.61 Å². The van der Waals surface area contributed by atoms with Crippen molar-refractivity contribution < 1.29 is 4.74 Å². The molecule has 23 heavy (non-hydrogen) atoms. The Morgan fingerprint density at radius 2 is 2.04 bits per heavy atom. The number of hydrogen-bond acceptors (Lipinski definition) is 5. The Labute approximate surface area is 137 Å². The molecule has 126 valence electrons. The van der Waals surface area contributed by atoms with Crippen molar-refractivity contribution in [1.29, 1.82) is 0 Å². The first-order valence-corrected chi connectivity index (χ1v) is 8.59. The van der Waals surface area contributed by atoms with Gasteiger partial charge in [0.15, 0.2) is 5.65 Å². The Morgan fingerprint density at radius 1 is 1.26 bits per heavy atom. The zero-order chi connectivity index (χ0) is 16.2. The van der Waals surface area contributed by atoms with Gasteiger partial charge in [-0.25, -0.2) is 4.98 Å². The van der Waals surface area contributed by atoms with E-state index >= 15 is 0 Å². The quantitative estimate of drug-likeness (QED) is 0.826. The third kappa shape index (κ3) is 3.64. The zero-order valence-electron chi connectivity index (χ0n) is 14.4. The van der Waals surface area contributed by atoms with Gasteiger partial charge in [-0.15, -0.1) is 0 Å². The van der Waals surface area contributed by atoms with Crippen molar-refractivity contribution in [3.8, 4) is 0 Å². The van der Waals surface area contributed by atoms with E-state index in [4.69, 9.17) is 9.72 Å². The molecular weight excluding hydrogens is 290 g/mol. The van der Waals surface area contributed by atoms with Crippen LogP contribution in [0.15, 0.2) is 6.07 Å². The Bertz CT molecular complexity index is 661. The van der Waals surface area contributed by atoms with Crippen LogP contribution in [0.2, 0.25) is 0 Å². The normalized spacial score (nSPS) is 16.1. The first-order chi connectivity index (χ1) is 11.2. The highest BCUT2D eigenvalue weighted by Crippen LogP contribution is 2.18. The van der Waals surface area contributed by atoms with Gasteiger partial charge in [-0.3, -0.25) is 4.90 Å². The molecule has 0 amide bonds. The van der Waals surface area contributed by atoms with E-state index in [1.165, 1.54) is 0 Å². The second-order valence-electron chi connectivity index (χ2n) is 6.17. The lowest BCUT2D eigenvalue weighted by molar-refractivity contribution is 0.0378. The number of morpholine rings is 1. The first-order valence-electron chi connectivity index (χ1n) is 8.59. The average Bonchev–Trinajstić information content (AvgIpc) is 2.87. The van der Waals surface area contributed by atoms with Gasteiger partial charge in [-0.05, 0) is 33.2 Å². The summed E-state index contributed by atoms with van der Waals surface area (Å²) in [4.78, 5) is 7.18. The molecule has 2 aromatic heterocycles. The van der Waals surface area contributed by atoms with E-state index in [2.05, 4.69) is 35.2 Å². The smallest absolute Gasteiger partial charge is 0.160 e. The molecule has 2 aromatic rings. The molecule has 1 fully saturated rings. The van der Waals surface area contributed by atoms with E-state index in [9.17, 15) is 0 Å². The minimum atomic E-state index is 0.865. The van der Waals surface area contributed by atoms with Gasteiger partial charge in [0.2, 0.25) is 0 Å². The van der Waals surface area contributed by atoms with Crippen molar-refractivity contribution in [3.63, 3.8) is 0 Å². The van der Waals surface area contributed by atoms with Gasteiger partial charge >= 0.3 is 0 Å². The molecule has 0 unspecified atom stereocenters. The van der Waals surface area contributed by atoms with E-state index in [1.807, 2.05) is 11.4 Å². The predicted octanol–water partition coefficient (Wildman–Crippen LogP) is 2.04. The molecule has 1 aliphatic rings. The molecule has 0 spiro atoms. The molecular formula is C17H27N5O. The minimum absolute atomic E-state index is 0.865. The number of ether oxygens (including phenoxy) is 1. The monoisotopic (exact) mass is 317 g/mol. The van der Waals surface area contributed by atoms with Gasteiger partial charge in [0.05, 0.1) is 18.9 Å². The maximum absolute atomic E-state index is 5.39. The highest BCUT2D eigenvalue weighted by Gasteiger charge is 2.12. The molecule has 1 aliphatic heterocycles. The average molecular weight is 317 g/mol. The van der Waals surface area contributed by atoms with Crippen LogP contribution in [0.25, 0.3) is 5.65 Å². The van der Waals surface area contributed by atoms with Gasteiger partial charge in [-0.1, -0.05) is 6.92 Å². The summed E-state index contributed by atoms with van der Waals surface area (Å²) in [5.41, 5.74) is 4.28. The molecule has 0 aromatic carbocycles.